The summed E-state index contributed by atoms with van der Waals surface area (Å²) in [5.74, 6) is 0.588. The summed E-state index contributed by atoms with van der Waals surface area (Å²) in [6.07, 6.45) is 0.918. The SMILES string of the molecule is O=C(c1ccc2nsnc2c1)N1CCN(C[C@@H](O)c2ccco2)CC1. The van der Waals surface area contributed by atoms with Crippen molar-refractivity contribution in [2.75, 3.05) is 32.7 Å². The van der Waals surface area contributed by atoms with Crippen LogP contribution in [0.25, 0.3) is 11.0 Å². The van der Waals surface area contributed by atoms with Crippen LogP contribution in [-0.2, 0) is 0 Å². The zero-order valence-electron chi connectivity index (χ0n) is 13.5. The van der Waals surface area contributed by atoms with Gasteiger partial charge in [0.15, 0.2) is 0 Å². The van der Waals surface area contributed by atoms with Crippen LogP contribution in [0.4, 0.5) is 0 Å². The number of aliphatic hydroxyl groups excluding tert-OH is 1. The minimum Gasteiger partial charge on any atom is -0.467 e. The van der Waals surface area contributed by atoms with Gasteiger partial charge in [0, 0.05) is 38.3 Å². The highest BCUT2D eigenvalue weighted by Gasteiger charge is 2.24. The minimum absolute atomic E-state index is 0.0149. The number of hydrogen-bond acceptors (Lipinski definition) is 7. The largest absolute Gasteiger partial charge is 0.467 e. The Balaban J connectivity index is 1.35. The first-order valence-corrected chi connectivity index (χ1v) is 8.89. The second-order valence-corrected chi connectivity index (χ2v) is 6.62. The number of aliphatic hydroxyl groups is 1. The van der Waals surface area contributed by atoms with Crippen LogP contribution in [0.5, 0.6) is 0 Å². The maximum Gasteiger partial charge on any atom is 0.254 e. The molecule has 0 unspecified atom stereocenters. The van der Waals surface area contributed by atoms with Crippen molar-refractivity contribution in [3.05, 3.63) is 47.9 Å². The van der Waals surface area contributed by atoms with E-state index in [1.54, 1.807) is 30.5 Å². The lowest BCUT2D eigenvalue weighted by molar-refractivity contribution is 0.0486. The van der Waals surface area contributed by atoms with Crippen LogP contribution in [0.15, 0.2) is 41.0 Å². The van der Waals surface area contributed by atoms with Crippen LogP contribution in [0, 0.1) is 0 Å². The predicted molar refractivity (Wildman–Crippen MR) is 93.4 cm³/mol. The molecule has 3 heterocycles. The number of furan rings is 1. The van der Waals surface area contributed by atoms with Crippen LogP contribution in [-0.4, -0.2) is 62.3 Å². The van der Waals surface area contributed by atoms with E-state index in [4.69, 9.17) is 4.42 Å². The third-order valence-corrected chi connectivity index (χ3v) is 5.02. The Bertz CT molecular complexity index is 856. The number of benzene rings is 1. The summed E-state index contributed by atoms with van der Waals surface area (Å²) >= 11 is 1.15. The van der Waals surface area contributed by atoms with Crippen molar-refractivity contribution in [1.29, 1.82) is 0 Å². The summed E-state index contributed by atoms with van der Waals surface area (Å²) in [5, 5.41) is 10.2. The van der Waals surface area contributed by atoms with Crippen molar-refractivity contribution in [3.8, 4) is 0 Å². The average Bonchev–Trinajstić information content (AvgIpc) is 3.32. The molecule has 1 amide bonds. The van der Waals surface area contributed by atoms with E-state index in [1.807, 2.05) is 11.0 Å². The number of piperazine rings is 1. The number of nitrogens with zero attached hydrogens (tertiary/aromatic N) is 4. The third kappa shape index (κ3) is 3.41. The number of carbonyl (C=O) groups is 1. The topological polar surface area (TPSA) is 82.7 Å². The number of amides is 1. The summed E-state index contributed by atoms with van der Waals surface area (Å²) in [4.78, 5) is 16.7. The Morgan fingerprint density at radius 1 is 1.20 bits per heavy atom. The van der Waals surface area contributed by atoms with Gasteiger partial charge in [0.05, 0.1) is 18.0 Å². The molecule has 3 aromatic rings. The summed E-state index contributed by atoms with van der Waals surface area (Å²) in [6, 6.07) is 8.98. The van der Waals surface area contributed by atoms with Crippen molar-refractivity contribution in [2.45, 2.75) is 6.10 Å². The molecule has 0 aliphatic carbocycles. The van der Waals surface area contributed by atoms with Crippen LogP contribution < -0.4 is 0 Å². The number of rotatable bonds is 4. The normalized spacial score (nSPS) is 17.1. The molecule has 4 rings (SSSR count). The van der Waals surface area contributed by atoms with Gasteiger partial charge in [0.25, 0.3) is 5.91 Å². The van der Waals surface area contributed by atoms with Crippen LogP contribution in [0.1, 0.15) is 22.2 Å². The molecule has 130 valence electrons. The first kappa shape index (κ1) is 16.2. The molecule has 0 radical (unpaired) electrons. The summed E-state index contributed by atoms with van der Waals surface area (Å²) < 4.78 is 13.6. The van der Waals surface area contributed by atoms with E-state index in [-0.39, 0.29) is 5.91 Å². The van der Waals surface area contributed by atoms with E-state index in [9.17, 15) is 9.90 Å². The number of hydrogen-bond donors (Lipinski definition) is 1. The van der Waals surface area contributed by atoms with E-state index < -0.39 is 6.10 Å². The van der Waals surface area contributed by atoms with Gasteiger partial charge >= 0.3 is 0 Å². The lowest BCUT2D eigenvalue weighted by Gasteiger charge is -2.35. The summed E-state index contributed by atoms with van der Waals surface area (Å²) in [6.45, 7) is 3.23. The minimum atomic E-state index is -0.642. The maximum absolute atomic E-state index is 12.7. The van der Waals surface area contributed by atoms with Gasteiger partial charge in [-0.3, -0.25) is 9.69 Å². The fraction of sp³-hybridized carbons (Fsp3) is 0.353. The molecule has 2 aromatic heterocycles. The zero-order valence-corrected chi connectivity index (χ0v) is 14.4. The summed E-state index contributed by atoms with van der Waals surface area (Å²) in [5.41, 5.74) is 2.22. The Hall–Kier alpha value is -2.29. The molecule has 1 fully saturated rings. The molecule has 0 spiro atoms. The Kier molecular flexibility index (Phi) is 4.48. The highest BCUT2D eigenvalue weighted by molar-refractivity contribution is 7.00. The van der Waals surface area contributed by atoms with Gasteiger partial charge in [0.2, 0.25) is 0 Å². The first-order valence-electron chi connectivity index (χ1n) is 8.16. The molecule has 8 heteroatoms. The molecule has 1 atom stereocenters. The van der Waals surface area contributed by atoms with E-state index in [0.29, 0.717) is 31.0 Å². The number of fused-ring (bicyclic) bond motifs is 1. The number of β-amino-alcohol motifs (C(OH)–C–C–N with tert-alkyl or cyclic N) is 1. The maximum atomic E-state index is 12.7. The summed E-state index contributed by atoms with van der Waals surface area (Å²) in [7, 11) is 0. The van der Waals surface area contributed by atoms with Crippen LogP contribution >= 0.6 is 11.7 Å². The van der Waals surface area contributed by atoms with Gasteiger partial charge in [-0.05, 0) is 30.3 Å². The van der Waals surface area contributed by atoms with Gasteiger partial charge < -0.3 is 14.4 Å². The van der Waals surface area contributed by atoms with Gasteiger partial charge in [0.1, 0.15) is 22.9 Å². The fourth-order valence-corrected chi connectivity index (χ4v) is 3.56. The lowest BCUT2D eigenvalue weighted by atomic mass is 10.1. The van der Waals surface area contributed by atoms with E-state index in [1.165, 1.54) is 0 Å². The van der Waals surface area contributed by atoms with Crippen LogP contribution in [0.2, 0.25) is 0 Å². The number of carbonyl (C=O) groups excluding carboxylic acids is 1. The highest BCUT2D eigenvalue weighted by atomic mass is 32.1. The van der Waals surface area contributed by atoms with Crippen molar-refractivity contribution in [1.82, 2.24) is 18.5 Å². The molecule has 1 N–H and O–H groups in total. The number of aromatic nitrogens is 2. The van der Waals surface area contributed by atoms with Gasteiger partial charge in [-0.25, -0.2) is 0 Å². The molecule has 1 aromatic carbocycles. The molecule has 0 bridgehead atoms. The lowest BCUT2D eigenvalue weighted by Crippen LogP contribution is -2.49. The second kappa shape index (κ2) is 6.91. The fourth-order valence-electron chi connectivity index (χ4n) is 3.05. The molecule has 25 heavy (non-hydrogen) atoms. The zero-order chi connectivity index (χ0) is 17.2. The van der Waals surface area contributed by atoms with Crippen molar-refractivity contribution in [2.24, 2.45) is 0 Å². The molecule has 7 nitrogen and oxygen atoms in total. The van der Waals surface area contributed by atoms with E-state index in [0.717, 1.165) is 35.9 Å². The van der Waals surface area contributed by atoms with Gasteiger partial charge in [-0.15, -0.1) is 0 Å². The van der Waals surface area contributed by atoms with Gasteiger partial charge in [-0.2, -0.15) is 8.75 Å². The Morgan fingerprint density at radius 3 is 2.76 bits per heavy atom. The third-order valence-electron chi connectivity index (χ3n) is 4.46. The average molecular weight is 358 g/mol. The molecule has 1 aliphatic heterocycles. The second-order valence-electron chi connectivity index (χ2n) is 6.09. The van der Waals surface area contributed by atoms with Crippen molar-refractivity contribution >= 4 is 28.7 Å². The molecule has 1 aliphatic rings. The van der Waals surface area contributed by atoms with E-state index >= 15 is 0 Å². The monoisotopic (exact) mass is 358 g/mol. The standard InChI is InChI=1S/C17H18N4O3S/c22-15(16-2-1-9-24-16)11-20-5-7-21(8-6-20)17(23)12-3-4-13-14(10-12)19-25-18-13/h1-4,9-10,15,22H,5-8,11H2/t15-/m1/s1. The Morgan fingerprint density at radius 2 is 2.00 bits per heavy atom. The van der Waals surface area contributed by atoms with Crippen molar-refractivity contribution in [3.63, 3.8) is 0 Å². The van der Waals surface area contributed by atoms with E-state index in [2.05, 4.69) is 13.6 Å². The molecule has 1 saturated heterocycles. The molecular weight excluding hydrogens is 340 g/mol. The van der Waals surface area contributed by atoms with Gasteiger partial charge in [-0.1, -0.05) is 0 Å². The Labute approximate surface area is 148 Å². The molecular formula is C17H18N4O3S. The first-order chi connectivity index (χ1) is 12.2. The van der Waals surface area contributed by atoms with Crippen molar-refractivity contribution < 1.29 is 14.3 Å². The molecule has 0 saturated carbocycles. The smallest absolute Gasteiger partial charge is 0.254 e. The quantitative estimate of drug-likeness (QED) is 0.765. The highest BCUT2D eigenvalue weighted by Crippen LogP contribution is 2.18. The van der Waals surface area contributed by atoms with Crippen LogP contribution in [0.3, 0.4) is 0 Å². The predicted octanol–water partition coefficient (Wildman–Crippen LogP) is 1.78.